The van der Waals surface area contributed by atoms with Crippen LogP contribution in [0.1, 0.15) is 18.9 Å². The number of methoxy groups -OCH3 is 1. The van der Waals surface area contributed by atoms with E-state index in [9.17, 15) is 4.79 Å². The van der Waals surface area contributed by atoms with E-state index in [-0.39, 0.29) is 17.8 Å². The predicted octanol–water partition coefficient (Wildman–Crippen LogP) is 3.20. The van der Waals surface area contributed by atoms with Crippen LogP contribution in [0.25, 0.3) is 0 Å². The number of fused-ring (bicyclic) bond motifs is 1. The first-order valence-corrected chi connectivity index (χ1v) is 8.53. The summed E-state index contributed by atoms with van der Waals surface area (Å²) in [5.41, 5.74) is 3.31. The molecule has 0 amide bonds. The van der Waals surface area contributed by atoms with Crippen molar-refractivity contribution in [2.45, 2.75) is 26.2 Å². The first kappa shape index (κ1) is 18.2. The largest absolute Gasteiger partial charge is 0.471 e. The number of benzene rings is 1. The van der Waals surface area contributed by atoms with Crippen molar-refractivity contribution in [2.75, 3.05) is 14.2 Å². The highest BCUT2D eigenvalue weighted by atomic mass is 16.7. The average molecular weight is 357 g/mol. The molecule has 1 aliphatic heterocycles. The fraction of sp³-hybridized carbons (Fsp3) is 0.400. The normalized spacial score (nSPS) is 24.9. The van der Waals surface area contributed by atoms with Crippen LogP contribution in [-0.4, -0.2) is 32.2 Å². The molecule has 1 aromatic rings. The van der Waals surface area contributed by atoms with E-state index in [1.54, 1.807) is 0 Å². The van der Waals surface area contributed by atoms with Crippen LogP contribution < -0.4 is 0 Å². The van der Waals surface area contributed by atoms with Crippen molar-refractivity contribution in [3.8, 4) is 0 Å². The Balaban J connectivity index is 1.83. The first-order chi connectivity index (χ1) is 12.7. The van der Waals surface area contributed by atoms with Crippen molar-refractivity contribution < 1.29 is 23.8 Å². The number of ether oxygens (including phenoxy) is 3. The lowest BCUT2D eigenvalue weighted by Gasteiger charge is -2.34. The van der Waals surface area contributed by atoms with Gasteiger partial charge in [-0.25, -0.2) is 4.79 Å². The van der Waals surface area contributed by atoms with Crippen LogP contribution in [0, 0.1) is 11.8 Å². The smallest absolute Gasteiger partial charge is 0.337 e. The van der Waals surface area contributed by atoms with Crippen LogP contribution >= 0.6 is 0 Å². The third kappa shape index (κ3) is 3.65. The first-order valence-electron chi connectivity index (χ1n) is 8.53. The summed E-state index contributed by atoms with van der Waals surface area (Å²) in [6.07, 6.45) is 3.73. The van der Waals surface area contributed by atoms with Crippen molar-refractivity contribution in [3.05, 3.63) is 59.4 Å². The average Bonchev–Trinajstić information content (AvgIpc) is 3.12. The molecular formula is C20H23NO5. The van der Waals surface area contributed by atoms with E-state index in [0.29, 0.717) is 18.6 Å². The topological polar surface area (TPSA) is 66.4 Å². The molecule has 0 N–H and O–H groups in total. The van der Waals surface area contributed by atoms with Gasteiger partial charge in [0.05, 0.1) is 37.2 Å². The Morgan fingerprint density at radius 1 is 1.23 bits per heavy atom. The van der Waals surface area contributed by atoms with Crippen LogP contribution in [0.3, 0.4) is 0 Å². The van der Waals surface area contributed by atoms with Crippen LogP contribution in [0.15, 0.2) is 59.0 Å². The van der Waals surface area contributed by atoms with Gasteiger partial charge in [-0.3, -0.25) is 0 Å². The Hall–Kier alpha value is -2.60. The van der Waals surface area contributed by atoms with Crippen LogP contribution in [0.4, 0.5) is 0 Å². The van der Waals surface area contributed by atoms with E-state index >= 15 is 0 Å². The number of carbonyl (C=O) groups excluding carboxylic acids is 1. The standard InChI is InChI=1S/C20H23NO5/c1-13(21-24-3)15-9-10-16-17(19(22)23-2)12-26-20(18(15)16)25-11-14-7-5-4-6-8-14/h4-9,12,16,18,20H,10-11H2,1-3H3/t16-,18-,20-/m1/s1. The Bertz CT molecular complexity index is 738. The zero-order valence-electron chi connectivity index (χ0n) is 15.2. The molecule has 0 fully saturated rings. The zero-order chi connectivity index (χ0) is 18.5. The minimum Gasteiger partial charge on any atom is -0.471 e. The van der Waals surface area contributed by atoms with Gasteiger partial charge in [0.15, 0.2) is 0 Å². The number of hydrogen-bond acceptors (Lipinski definition) is 6. The van der Waals surface area contributed by atoms with Crippen molar-refractivity contribution in [1.29, 1.82) is 0 Å². The number of nitrogens with zero attached hydrogens (tertiary/aromatic N) is 1. The van der Waals surface area contributed by atoms with Crippen molar-refractivity contribution >= 4 is 11.7 Å². The summed E-state index contributed by atoms with van der Waals surface area (Å²) in [6, 6.07) is 9.89. The summed E-state index contributed by atoms with van der Waals surface area (Å²) < 4.78 is 16.7. The summed E-state index contributed by atoms with van der Waals surface area (Å²) >= 11 is 0. The second-order valence-corrected chi connectivity index (χ2v) is 6.25. The van der Waals surface area contributed by atoms with Crippen molar-refractivity contribution in [2.24, 2.45) is 17.0 Å². The minimum absolute atomic E-state index is 0.0611. The SMILES string of the molecule is CON=C(C)C1=CC[C@@H]2C(C(=O)OC)=CO[C@@H](OCc3ccccc3)[C@H]12. The summed E-state index contributed by atoms with van der Waals surface area (Å²) in [4.78, 5) is 17.0. The van der Waals surface area contributed by atoms with E-state index < -0.39 is 6.29 Å². The molecular weight excluding hydrogens is 334 g/mol. The molecule has 26 heavy (non-hydrogen) atoms. The van der Waals surface area contributed by atoms with Crippen LogP contribution in [0.5, 0.6) is 0 Å². The fourth-order valence-corrected chi connectivity index (χ4v) is 3.51. The van der Waals surface area contributed by atoms with Gasteiger partial charge in [-0.1, -0.05) is 41.6 Å². The van der Waals surface area contributed by atoms with Gasteiger partial charge in [0.1, 0.15) is 7.11 Å². The van der Waals surface area contributed by atoms with E-state index in [0.717, 1.165) is 16.8 Å². The molecule has 0 unspecified atom stereocenters. The molecule has 3 rings (SSSR count). The number of rotatable bonds is 6. The predicted molar refractivity (Wildman–Crippen MR) is 96.0 cm³/mol. The van der Waals surface area contributed by atoms with E-state index in [4.69, 9.17) is 19.0 Å². The third-order valence-electron chi connectivity index (χ3n) is 4.73. The number of hydrogen-bond donors (Lipinski definition) is 0. The lowest BCUT2D eigenvalue weighted by molar-refractivity contribution is -0.159. The molecule has 1 aliphatic carbocycles. The molecule has 3 atom stereocenters. The van der Waals surface area contributed by atoms with Crippen molar-refractivity contribution in [3.63, 3.8) is 0 Å². The Morgan fingerprint density at radius 2 is 2.00 bits per heavy atom. The van der Waals surface area contributed by atoms with Gasteiger partial charge in [-0.2, -0.15) is 0 Å². The summed E-state index contributed by atoms with van der Waals surface area (Å²) in [7, 11) is 2.88. The molecule has 0 bridgehead atoms. The monoisotopic (exact) mass is 357 g/mol. The lowest BCUT2D eigenvalue weighted by atomic mass is 9.82. The molecule has 0 saturated heterocycles. The number of oxime groups is 1. The maximum atomic E-state index is 12.1. The number of esters is 1. The molecule has 6 heteroatoms. The highest BCUT2D eigenvalue weighted by Gasteiger charge is 2.45. The second-order valence-electron chi connectivity index (χ2n) is 6.25. The molecule has 138 valence electrons. The molecule has 0 aromatic heterocycles. The van der Waals surface area contributed by atoms with Gasteiger partial charge in [0.25, 0.3) is 0 Å². The zero-order valence-corrected chi connectivity index (χ0v) is 15.2. The Morgan fingerprint density at radius 3 is 2.69 bits per heavy atom. The number of allylic oxidation sites excluding steroid dienone is 1. The molecule has 6 nitrogen and oxygen atoms in total. The van der Waals surface area contributed by atoms with Gasteiger partial charge < -0.3 is 19.0 Å². The quantitative estimate of drug-likeness (QED) is 0.444. The van der Waals surface area contributed by atoms with Gasteiger partial charge in [-0.05, 0) is 24.5 Å². The Kier molecular flexibility index (Phi) is 5.73. The Labute approximate surface area is 153 Å². The van der Waals surface area contributed by atoms with Crippen LogP contribution in [0.2, 0.25) is 0 Å². The van der Waals surface area contributed by atoms with E-state index in [2.05, 4.69) is 11.2 Å². The second kappa shape index (κ2) is 8.19. The summed E-state index contributed by atoms with van der Waals surface area (Å²) in [5, 5.41) is 4.04. The third-order valence-corrected chi connectivity index (χ3v) is 4.73. The van der Waals surface area contributed by atoms with E-state index in [1.807, 2.05) is 37.3 Å². The van der Waals surface area contributed by atoms with E-state index in [1.165, 1.54) is 20.5 Å². The van der Waals surface area contributed by atoms with Gasteiger partial charge in [-0.15, -0.1) is 0 Å². The molecule has 0 spiro atoms. The lowest BCUT2D eigenvalue weighted by Crippen LogP contribution is -2.38. The van der Waals surface area contributed by atoms with Gasteiger partial charge in [0.2, 0.25) is 6.29 Å². The summed E-state index contributed by atoms with van der Waals surface area (Å²) in [5.74, 6) is -0.580. The molecule has 2 aliphatic rings. The van der Waals surface area contributed by atoms with Crippen LogP contribution in [-0.2, 0) is 30.4 Å². The van der Waals surface area contributed by atoms with Gasteiger partial charge in [0, 0.05) is 5.92 Å². The maximum absolute atomic E-state index is 12.1. The fourth-order valence-electron chi connectivity index (χ4n) is 3.51. The molecule has 1 heterocycles. The molecule has 0 radical (unpaired) electrons. The maximum Gasteiger partial charge on any atom is 0.337 e. The molecule has 0 saturated carbocycles. The minimum atomic E-state index is -0.510. The summed E-state index contributed by atoms with van der Waals surface area (Å²) in [6.45, 7) is 2.30. The van der Waals surface area contributed by atoms with Gasteiger partial charge >= 0.3 is 5.97 Å². The highest BCUT2D eigenvalue weighted by molar-refractivity contribution is 5.99. The number of carbonyl (C=O) groups is 1. The highest BCUT2D eigenvalue weighted by Crippen LogP contribution is 2.44. The molecule has 1 aromatic carbocycles. The van der Waals surface area contributed by atoms with Crippen molar-refractivity contribution in [1.82, 2.24) is 0 Å².